The number of rotatable bonds is 5. The first-order valence-electron chi connectivity index (χ1n) is 5.99. The largest absolute Gasteiger partial charge is 0.389 e. The Morgan fingerprint density at radius 2 is 1.67 bits per heavy atom. The molecule has 0 unspecified atom stereocenters. The summed E-state index contributed by atoms with van der Waals surface area (Å²) in [7, 11) is -3.62. The monoisotopic (exact) mass is 338 g/mol. The molecule has 0 saturated heterocycles. The number of sulfonamides is 1. The molecule has 0 atom stereocenters. The third-order valence-electron chi connectivity index (χ3n) is 2.79. The van der Waals surface area contributed by atoms with E-state index in [1.54, 1.807) is 36.0 Å². The maximum absolute atomic E-state index is 12.3. The zero-order chi connectivity index (χ0) is 15.5. The minimum atomic E-state index is -3.62. The SMILES string of the molecule is CSc1ccc(NS(=O)(=O)c2ccc(C(N)=S)cc2)cc1. The molecule has 0 spiro atoms. The molecule has 2 rings (SSSR count). The summed E-state index contributed by atoms with van der Waals surface area (Å²) in [5, 5.41) is 0. The van der Waals surface area contributed by atoms with Crippen LogP contribution in [0.2, 0.25) is 0 Å². The van der Waals surface area contributed by atoms with Gasteiger partial charge in [-0.25, -0.2) is 8.42 Å². The number of hydrogen-bond acceptors (Lipinski definition) is 4. The summed E-state index contributed by atoms with van der Waals surface area (Å²) in [5.41, 5.74) is 6.64. The average molecular weight is 338 g/mol. The van der Waals surface area contributed by atoms with E-state index in [1.165, 1.54) is 12.1 Å². The van der Waals surface area contributed by atoms with E-state index in [2.05, 4.69) is 4.72 Å². The molecular formula is C14H14N2O2S3. The van der Waals surface area contributed by atoms with Gasteiger partial charge in [-0.3, -0.25) is 4.72 Å². The molecule has 3 N–H and O–H groups in total. The number of hydrogen-bond donors (Lipinski definition) is 2. The van der Waals surface area contributed by atoms with Crippen LogP contribution in [0, 0.1) is 0 Å². The summed E-state index contributed by atoms with van der Waals surface area (Å²) in [5.74, 6) is 0. The lowest BCUT2D eigenvalue weighted by molar-refractivity contribution is 0.601. The van der Waals surface area contributed by atoms with Gasteiger partial charge in [-0.15, -0.1) is 11.8 Å². The van der Waals surface area contributed by atoms with Crippen LogP contribution in [0.15, 0.2) is 58.3 Å². The first kappa shape index (κ1) is 15.8. The number of thioether (sulfide) groups is 1. The molecule has 0 fully saturated rings. The highest BCUT2D eigenvalue weighted by Crippen LogP contribution is 2.20. The Kier molecular flexibility index (Phi) is 4.87. The summed E-state index contributed by atoms with van der Waals surface area (Å²) in [6.45, 7) is 0. The van der Waals surface area contributed by atoms with Crippen molar-refractivity contribution in [2.45, 2.75) is 9.79 Å². The van der Waals surface area contributed by atoms with Gasteiger partial charge in [-0.2, -0.15) is 0 Å². The van der Waals surface area contributed by atoms with Gasteiger partial charge in [0.1, 0.15) is 4.99 Å². The summed E-state index contributed by atoms with van der Waals surface area (Å²) in [6.07, 6.45) is 1.96. The highest BCUT2D eigenvalue weighted by molar-refractivity contribution is 7.98. The molecule has 110 valence electrons. The van der Waals surface area contributed by atoms with Crippen molar-refractivity contribution in [1.29, 1.82) is 0 Å². The molecule has 0 aromatic heterocycles. The minimum Gasteiger partial charge on any atom is -0.389 e. The second kappa shape index (κ2) is 6.46. The lowest BCUT2D eigenvalue weighted by Gasteiger charge is -2.09. The molecule has 2 aromatic rings. The Labute approximate surface area is 133 Å². The van der Waals surface area contributed by atoms with E-state index in [0.717, 1.165) is 4.90 Å². The van der Waals surface area contributed by atoms with Gasteiger partial charge in [0.25, 0.3) is 10.0 Å². The maximum atomic E-state index is 12.3. The summed E-state index contributed by atoms with van der Waals surface area (Å²) in [4.78, 5) is 1.47. The third-order valence-corrected chi connectivity index (χ3v) is 5.17. The highest BCUT2D eigenvalue weighted by atomic mass is 32.2. The van der Waals surface area contributed by atoms with Gasteiger partial charge >= 0.3 is 0 Å². The van der Waals surface area contributed by atoms with Crippen LogP contribution in [-0.4, -0.2) is 19.7 Å². The molecule has 21 heavy (non-hydrogen) atoms. The Morgan fingerprint density at radius 1 is 1.10 bits per heavy atom. The molecule has 0 aliphatic heterocycles. The van der Waals surface area contributed by atoms with Crippen molar-refractivity contribution >= 4 is 44.7 Å². The van der Waals surface area contributed by atoms with Crippen molar-refractivity contribution < 1.29 is 8.42 Å². The summed E-state index contributed by atoms with van der Waals surface area (Å²) < 4.78 is 27.0. The van der Waals surface area contributed by atoms with Crippen LogP contribution >= 0.6 is 24.0 Å². The molecule has 0 aliphatic rings. The van der Waals surface area contributed by atoms with Crippen LogP contribution in [0.25, 0.3) is 0 Å². The normalized spacial score (nSPS) is 11.1. The van der Waals surface area contributed by atoms with Gasteiger partial charge in [-0.1, -0.05) is 24.4 Å². The van der Waals surface area contributed by atoms with E-state index in [-0.39, 0.29) is 9.88 Å². The molecule has 4 nitrogen and oxygen atoms in total. The lowest BCUT2D eigenvalue weighted by atomic mass is 10.2. The Morgan fingerprint density at radius 3 is 2.14 bits per heavy atom. The molecule has 0 saturated carbocycles. The van der Waals surface area contributed by atoms with Gasteiger partial charge < -0.3 is 5.73 Å². The fraction of sp³-hybridized carbons (Fsp3) is 0.0714. The van der Waals surface area contributed by atoms with Crippen LogP contribution in [0.3, 0.4) is 0 Å². The average Bonchev–Trinajstić information content (AvgIpc) is 2.48. The number of nitrogens with one attached hydrogen (secondary N) is 1. The van der Waals surface area contributed by atoms with E-state index in [1.807, 2.05) is 18.4 Å². The Hall–Kier alpha value is -1.57. The third kappa shape index (κ3) is 3.96. The molecule has 0 aliphatic carbocycles. The Bertz CT molecular complexity index is 739. The zero-order valence-corrected chi connectivity index (χ0v) is 13.7. The second-order valence-electron chi connectivity index (χ2n) is 4.22. The minimum absolute atomic E-state index is 0.163. The van der Waals surface area contributed by atoms with E-state index in [4.69, 9.17) is 18.0 Å². The fourth-order valence-electron chi connectivity index (χ4n) is 1.67. The highest BCUT2D eigenvalue weighted by Gasteiger charge is 2.14. The summed E-state index contributed by atoms with van der Waals surface area (Å²) >= 11 is 6.43. The van der Waals surface area contributed by atoms with Crippen molar-refractivity contribution in [3.8, 4) is 0 Å². The number of thiocarbonyl (C=S) groups is 1. The quantitative estimate of drug-likeness (QED) is 0.648. The van der Waals surface area contributed by atoms with Gasteiger partial charge in [0.05, 0.1) is 4.90 Å². The number of anilines is 1. The van der Waals surface area contributed by atoms with Crippen molar-refractivity contribution in [3.05, 3.63) is 54.1 Å². The molecule has 0 bridgehead atoms. The van der Waals surface area contributed by atoms with Crippen LogP contribution < -0.4 is 10.5 Å². The molecule has 0 amide bonds. The Balaban J connectivity index is 2.22. The van der Waals surface area contributed by atoms with E-state index >= 15 is 0 Å². The smallest absolute Gasteiger partial charge is 0.261 e. The van der Waals surface area contributed by atoms with Crippen molar-refractivity contribution in [3.63, 3.8) is 0 Å². The van der Waals surface area contributed by atoms with Crippen LogP contribution in [0.5, 0.6) is 0 Å². The van der Waals surface area contributed by atoms with Crippen molar-refractivity contribution in [1.82, 2.24) is 0 Å². The number of benzene rings is 2. The van der Waals surface area contributed by atoms with Gasteiger partial charge in [0.2, 0.25) is 0 Å². The summed E-state index contributed by atoms with van der Waals surface area (Å²) in [6, 6.07) is 13.3. The van der Waals surface area contributed by atoms with E-state index < -0.39 is 10.0 Å². The molecule has 2 aromatic carbocycles. The van der Waals surface area contributed by atoms with Crippen LogP contribution in [0.1, 0.15) is 5.56 Å². The lowest BCUT2D eigenvalue weighted by Crippen LogP contribution is -2.14. The standard InChI is InChI=1S/C14H14N2O2S3/c1-20-12-6-4-11(5-7-12)16-21(17,18)13-8-2-10(3-9-13)14(15)19/h2-9,16H,1H3,(H2,15,19). The van der Waals surface area contributed by atoms with Gasteiger partial charge in [-0.05, 0) is 42.7 Å². The second-order valence-corrected chi connectivity index (χ2v) is 7.22. The van der Waals surface area contributed by atoms with Crippen LogP contribution in [-0.2, 0) is 10.0 Å². The molecule has 0 radical (unpaired) electrons. The molecular weight excluding hydrogens is 324 g/mol. The van der Waals surface area contributed by atoms with Crippen molar-refractivity contribution in [2.75, 3.05) is 11.0 Å². The number of nitrogens with two attached hydrogens (primary N) is 1. The van der Waals surface area contributed by atoms with E-state index in [0.29, 0.717) is 11.3 Å². The molecule has 7 heteroatoms. The predicted octanol–water partition coefficient (Wildman–Crippen LogP) is 2.84. The van der Waals surface area contributed by atoms with Gasteiger partial charge in [0.15, 0.2) is 0 Å². The first-order valence-corrected chi connectivity index (χ1v) is 9.11. The van der Waals surface area contributed by atoms with E-state index in [9.17, 15) is 8.42 Å². The van der Waals surface area contributed by atoms with Gasteiger partial charge in [0, 0.05) is 16.1 Å². The first-order chi connectivity index (χ1) is 9.92. The maximum Gasteiger partial charge on any atom is 0.261 e. The van der Waals surface area contributed by atoms with Crippen molar-refractivity contribution in [2.24, 2.45) is 5.73 Å². The van der Waals surface area contributed by atoms with Crippen LogP contribution in [0.4, 0.5) is 5.69 Å². The fourth-order valence-corrected chi connectivity index (χ4v) is 3.27. The predicted molar refractivity (Wildman–Crippen MR) is 91.4 cm³/mol. The zero-order valence-electron chi connectivity index (χ0n) is 11.2. The molecule has 0 heterocycles. The topological polar surface area (TPSA) is 72.2 Å².